The fourth-order valence-corrected chi connectivity index (χ4v) is 5.89. The number of rotatable bonds is 11. The van der Waals surface area contributed by atoms with Crippen LogP contribution < -0.4 is 5.32 Å². The Balaban J connectivity index is 2.15. The normalized spacial score (nSPS) is 16.6. The minimum absolute atomic E-state index is 0.0505. The third kappa shape index (κ3) is 10.2. The minimum atomic E-state index is -3.85. The van der Waals surface area contributed by atoms with Crippen molar-refractivity contribution >= 4 is 26.2 Å². The number of amides is 1. The molecule has 1 unspecified atom stereocenters. The third-order valence-electron chi connectivity index (χ3n) is 5.77. The number of ether oxygens (including phenoxy) is 2. The summed E-state index contributed by atoms with van der Waals surface area (Å²) in [5, 5.41) is 12.4. The standard InChI is InChI=1S/C24H37N3O8S2/c1-24(2,3)35-23(28)26-21-8-11-27(12-9-21)37(31,32)22-7-6-19(16-25)20(15-22)14-18(10-13-33-4)17-34-36(5,29)30/h6-7,15,18,21H,8-14,17H2,1-5H3,(H,26,28). The number of carbonyl (C=O) groups is 1. The first-order chi connectivity index (χ1) is 17.1. The lowest BCUT2D eigenvalue weighted by Gasteiger charge is -2.32. The lowest BCUT2D eigenvalue weighted by molar-refractivity contribution is 0.0489. The summed E-state index contributed by atoms with van der Waals surface area (Å²) in [5.74, 6) is -0.311. The van der Waals surface area contributed by atoms with Crippen LogP contribution in [0.15, 0.2) is 23.1 Å². The highest BCUT2D eigenvalue weighted by molar-refractivity contribution is 7.89. The van der Waals surface area contributed by atoms with Gasteiger partial charge in [-0.2, -0.15) is 18.0 Å². The lowest BCUT2D eigenvalue weighted by atomic mass is 9.94. The van der Waals surface area contributed by atoms with Crippen molar-refractivity contribution in [3.8, 4) is 6.07 Å². The molecule has 1 saturated heterocycles. The molecule has 1 amide bonds. The van der Waals surface area contributed by atoms with Crippen LogP contribution in [0.4, 0.5) is 4.79 Å². The summed E-state index contributed by atoms with van der Waals surface area (Å²) in [4.78, 5) is 12.1. The van der Waals surface area contributed by atoms with Crippen molar-refractivity contribution in [3.05, 3.63) is 29.3 Å². The van der Waals surface area contributed by atoms with E-state index in [1.807, 2.05) is 0 Å². The lowest BCUT2D eigenvalue weighted by Crippen LogP contribution is -2.47. The van der Waals surface area contributed by atoms with Gasteiger partial charge in [-0.05, 0) is 76.1 Å². The van der Waals surface area contributed by atoms with Crippen LogP contribution in [-0.2, 0) is 40.2 Å². The molecule has 208 valence electrons. The van der Waals surface area contributed by atoms with Crippen molar-refractivity contribution in [2.24, 2.45) is 5.92 Å². The number of nitrogens with one attached hydrogen (secondary N) is 1. The molecular formula is C24H37N3O8S2. The zero-order chi connectivity index (χ0) is 27.9. The second kappa shape index (κ2) is 13.0. The van der Waals surface area contributed by atoms with Crippen LogP contribution in [0.5, 0.6) is 0 Å². The molecule has 0 aromatic heterocycles. The number of carbonyl (C=O) groups excluding carboxylic acids is 1. The molecule has 13 heteroatoms. The van der Waals surface area contributed by atoms with E-state index in [1.165, 1.54) is 29.6 Å². The van der Waals surface area contributed by atoms with Gasteiger partial charge in [-0.25, -0.2) is 13.2 Å². The van der Waals surface area contributed by atoms with Crippen LogP contribution in [0.2, 0.25) is 0 Å². The van der Waals surface area contributed by atoms with Gasteiger partial charge >= 0.3 is 6.09 Å². The van der Waals surface area contributed by atoms with E-state index in [4.69, 9.17) is 13.7 Å². The van der Waals surface area contributed by atoms with Gasteiger partial charge in [0.15, 0.2) is 0 Å². The van der Waals surface area contributed by atoms with Crippen molar-refractivity contribution in [2.75, 3.05) is 39.7 Å². The summed E-state index contributed by atoms with van der Waals surface area (Å²) >= 11 is 0. The highest BCUT2D eigenvalue weighted by Gasteiger charge is 2.31. The number of nitrogens with zero attached hydrogens (tertiary/aromatic N) is 2. The Morgan fingerprint density at radius 3 is 2.41 bits per heavy atom. The average Bonchev–Trinajstić information content (AvgIpc) is 2.79. The van der Waals surface area contributed by atoms with Crippen LogP contribution in [0.1, 0.15) is 51.2 Å². The Morgan fingerprint density at radius 1 is 1.22 bits per heavy atom. The molecule has 0 saturated carbocycles. The average molecular weight is 560 g/mol. The summed E-state index contributed by atoms with van der Waals surface area (Å²) in [6.07, 6.45) is 2.00. The fourth-order valence-electron chi connectivity index (χ4n) is 3.93. The molecule has 1 aromatic rings. The molecule has 1 fully saturated rings. The van der Waals surface area contributed by atoms with Gasteiger partial charge in [0.1, 0.15) is 5.60 Å². The number of hydrogen-bond donors (Lipinski definition) is 1. The maximum atomic E-state index is 13.4. The van der Waals surface area contributed by atoms with Gasteiger partial charge in [-0.1, -0.05) is 0 Å². The molecule has 1 heterocycles. The van der Waals surface area contributed by atoms with Gasteiger partial charge in [-0.15, -0.1) is 0 Å². The van der Waals surface area contributed by atoms with E-state index in [0.29, 0.717) is 37.0 Å². The van der Waals surface area contributed by atoms with E-state index in [1.54, 1.807) is 20.8 Å². The van der Waals surface area contributed by atoms with E-state index >= 15 is 0 Å². The largest absolute Gasteiger partial charge is 0.444 e. The van der Waals surface area contributed by atoms with Crippen LogP contribution in [-0.4, -0.2) is 78.5 Å². The second-order valence-corrected chi connectivity index (χ2v) is 13.7. The maximum absolute atomic E-state index is 13.4. The first kappa shape index (κ1) is 31.0. The first-order valence-electron chi connectivity index (χ1n) is 12.0. The third-order valence-corrected chi connectivity index (χ3v) is 8.23. The summed E-state index contributed by atoms with van der Waals surface area (Å²) in [6, 6.07) is 6.21. The molecule has 1 aliphatic heterocycles. The predicted octanol–water partition coefficient (Wildman–Crippen LogP) is 2.41. The van der Waals surface area contributed by atoms with Crippen molar-refractivity contribution in [3.63, 3.8) is 0 Å². The fraction of sp³-hybridized carbons (Fsp3) is 0.667. The highest BCUT2D eigenvalue weighted by atomic mass is 32.2. The van der Waals surface area contributed by atoms with Gasteiger partial charge in [0, 0.05) is 32.8 Å². The number of alkyl carbamates (subject to hydrolysis) is 1. The molecule has 0 bridgehead atoms. The van der Waals surface area contributed by atoms with E-state index in [9.17, 15) is 26.9 Å². The molecule has 37 heavy (non-hydrogen) atoms. The summed E-state index contributed by atoms with van der Waals surface area (Å²) in [7, 11) is -5.99. The van der Waals surface area contributed by atoms with E-state index in [2.05, 4.69) is 11.4 Å². The van der Waals surface area contributed by atoms with Crippen LogP contribution in [0.25, 0.3) is 0 Å². The summed E-state index contributed by atoms with van der Waals surface area (Å²) in [6.45, 7) is 5.99. The SMILES string of the molecule is COCCC(COS(C)(=O)=O)Cc1cc(S(=O)(=O)N2CCC(NC(=O)OC(C)(C)C)CC2)ccc1C#N. The molecule has 0 spiro atoms. The molecule has 0 aliphatic carbocycles. The number of sulfonamides is 1. The Hall–Kier alpha value is -2.24. The number of piperidine rings is 1. The van der Waals surface area contributed by atoms with E-state index < -0.39 is 31.8 Å². The van der Waals surface area contributed by atoms with Crippen molar-refractivity contribution < 1.29 is 35.3 Å². The summed E-state index contributed by atoms with van der Waals surface area (Å²) < 4.78 is 66.4. The molecular weight excluding hydrogens is 522 g/mol. The Bertz CT molecular complexity index is 1180. The van der Waals surface area contributed by atoms with E-state index in [0.717, 1.165) is 6.26 Å². The van der Waals surface area contributed by atoms with Gasteiger partial charge < -0.3 is 14.8 Å². The van der Waals surface area contributed by atoms with Gasteiger partial charge in [0.05, 0.1) is 29.4 Å². The van der Waals surface area contributed by atoms with Crippen LogP contribution >= 0.6 is 0 Å². The van der Waals surface area contributed by atoms with Crippen molar-refractivity contribution in [1.29, 1.82) is 5.26 Å². The molecule has 0 radical (unpaired) electrons. The maximum Gasteiger partial charge on any atom is 0.407 e. The van der Waals surface area contributed by atoms with Crippen LogP contribution in [0, 0.1) is 17.2 Å². The predicted molar refractivity (Wildman–Crippen MR) is 137 cm³/mol. The number of benzene rings is 1. The zero-order valence-corrected chi connectivity index (χ0v) is 23.7. The van der Waals surface area contributed by atoms with Crippen LogP contribution in [0.3, 0.4) is 0 Å². The van der Waals surface area contributed by atoms with Crippen molar-refractivity contribution in [1.82, 2.24) is 9.62 Å². The second-order valence-electron chi connectivity index (χ2n) is 10.1. The molecule has 1 aromatic carbocycles. The first-order valence-corrected chi connectivity index (χ1v) is 15.3. The molecule has 1 aliphatic rings. The van der Waals surface area contributed by atoms with Gasteiger partial charge in [-0.3, -0.25) is 4.18 Å². The number of hydrogen-bond acceptors (Lipinski definition) is 9. The van der Waals surface area contributed by atoms with Gasteiger partial charge in [0.2, 0.25) is 10.0 Å². The summed E-state index contributed by atoms with van der Waals surface area (Å²) in [5.41, 5.74) is 0.172. The minimum Gasteiger partial charge on any atom is -0.444 e. The zero-order valence-electron chi connectivity index (χ0n) is 22.0. The molecule has 1 N–H and O–H groups in total. The monoisotopic (exact) mass is 559 g/mol. The van der Waals surface area contributed by atoms with E-state index in [-0.39, 0.29) is 43.0 Å². The number of nitriles is 1. The van der Waals surface area contributed by atoms with Gasteiger partial charge in [0.25, 0.3) is 10.1 Å². The molecule has 11 nitrogen and oxygen atoms in total. The quantitative estimate of drug-likeness (QED) is 0.403. The molecule has 2 rings (SSSR count). The van der Waals surface area contributed by atoms with Crippen molar-refractivity contribution in [2.45, 2.75) is 63.0 Å². The Labute approximate surface area is 220 Å². The Morgan fingerprint density at radius 2 is 1.86 bits per heavy atom. The smallest absolute Gasteiger partial charge is 0.407 e. The highest BCUT2D eigenvalue weighted by Crippen LogP contribution is 2.25. The number of methoxy groups -OCH3 is 1. The Kier molecular flexibility index (Phi) is 10.9. The topological polar surface area (TPSA) is 152 Å². The molecule has 1 atom stereocenters.